The van der Waals surface area contributed by atoms with Gasteiger partial charge < -0.3 is 15.0 Å². The summed E-state index contributed by atoms with van der Waals surface area (Å²) in [7, 11) is 0. The van der Waals surface area contributed by atoms with Crippen LogP contribution in [0.5, 0.6) is 5.75 Å². The third kappa shape index (κ3) is 3.81. The van der Waals surface area contributed by atoms with Gasteiger partial charge in [-0.15, -0.1) is 0 Å². The van der Waals surface area contributed by atoms with Gasteiger partial charge in [0.05, 0.1) is 17.6 Å². The molecule has 0 aliphatic heterocycles. The quantitative estimate of drug-likeness (QED) is 0.754. The first kappa shape index (κ1) is 15.4. The van der Waals surface area contributed by atoms with Crippen molar-refractivity contribution >= 4 is 28.5 Å². The average Bonchev–Trinajstić information content (AvgIpc) is 2.95. The number of carbonyl (C=O) groups excluding carboxylic acids is 1. The molecule has 0 bridgehead atoms. The van der Waals surface area contributed by atoms with E-state index in [1.165, 1.54) is 0 Å². The number of fused-ring (bicyclic) bond motifs is 1. The van der Waals surface area contributed by atoms with Gasteiger partial charge in [0, 0.05) is 5.02 Å². The van der Waals surface area contributed by atoms with Crippen LogP contribution in [0.1, 0.15) is 12.7 Å². The molecule has 0 radical (unpaired) electrons. The monoisotopic (exact) mass is 329 g/mol. The number of nitrogens with zero attached hydrogens (tertiary/aromatic N) is 1. The molecule has 2 aromatic carbocycles. The van der Waals surface area contributed by atoms with Crippen molar-refractivity contribution < 1.29 is 9.53 Å². The van der Waals surface area contributed by atoms with Crippen LogP contribution in [-0.4, -0.2) is 22.0 Å². The molecular formula is C17H16ClN3O2. The summed E-state index contributed by atoms with van der Waals surface area (Å²) in [5.74, 6) is 1.05. The van der Waals surface area contributed by atoms with Crippen LogP contribution in [0.3, 0.4) is 0 Å². The maximum atomic E-state index is 12.1. The fourth-order valence-electron chi connectivity index (χ4n) is 2.20. The highest BCUT2D eigenvalue weighted by Crippen LogP contribution is 2.18. The smallest absolute Gasteiger partial charge is 0.261 e. The van der Waals surface area contributed by atoms with Crippen LogP contribution in [0, 0.1) is 0 Å². The summed E-state index contributed by atoms with van der Waals surface area (Å²) in [5.41, 5.74) is 1.82. The lowest BCUT2D eigenvalue weighted by Crippen LogP contribution is -2.36. The minimum atomic E-state index is -0.627. The predicted octanol–water partition coefficient (Wildman–Crippen LogP) is 3.30. The van der Waals surface area contributed by atoms with E-state index in [1.54, 1.807) is 31.2 Å². The molecular weight excluding hydrogens is 314 g/mol. The van der Waals surface area contributed by atoms with E-state index in [4.69, 9.17) is 16.3 Å². The Morgan fingerprint density at radius 2 is 2.13 bits per heavy atom. The Balaban J connectivity index is 1.58. The van der Waals surface area contributed by atoms with Crippen LogP contribution in [-0.2, 0) is 11.3 Å². The molecule has 3 rings (SSSR count). The molecule has 6 heteroatoms. The van der Waals surface area contributed by atoms with Gasteiger partial charge in [-0.2, -0.15) is 0 Å². The zero-order valence-electron chi connectivity index (χ0n) is 12.5. The number of H-pyrrole nitrogens is 1. The Kier molecular flexibility index (Phi) is 4.48. The largest absolute Gasteiger partial charge is 0.481 e. The number of ether oxygens (including phenoxy) is 1. The lowest BCUT2D eigenvalue weighted by Gasteiger charge is -2.14. The zero-order chi connectivity index (χ0) is 16.2. The molecule has 0 saturated carbocycles. The van der Waals surface area contributed by atoms with Crippen molar-refractivity contribution in [2.75, 3.05) is 0 Å². The Bertz CT molecular complexity index is 798. The number of aromatic nitrogens is 2. The molecule has 1 aromatic heterocycles. The zero-order valence-corrected chi connectivity index (χ0v) is 13.3. The Labute approximate surface area is 138 Å². The van der Waals surface area contributed by atoms with Crippen LogP contribution < -0.4 is 10.1 Å². The highest BCUT2D eigenvalue weighted by atomic mass is 35.5. The second-order valence-corrected chi connectivity index (χ2v) is 5.57. The van der Waals surface area contributed by atoms with E-state index in [0.29, 0.717) is 23.1 Å². The van der Waals surface area contributed by atoms with Crippen LogP contribution in [0.15, 0.2) is 48.5 Å². The molecule has 1 unspecified atom stereocenters. The Hall–Kier alpha value is -2.53. The van der Waals surface area contributed by atoms with E-state index in [-0.39, 0.29) is 5.91 Å². The number of rotatable bonds is 5. The second-order valence-electron chi connectivity index (χ2n) is 5.14. The van der Waals surface area contributed by atoms with E-state index in [0.717, 1.165) is 11.0 Å². The number of halogens is 1. The van der Waals surface area contributed by atoms with Crippen LogP contribution in [0.25, 0.3) is 11.0 Å². The maximum absolute atomic E-state index is 12.1. The van der Waals surface area contributed by atoms with E-state index in [9.17, 15) is 4.79 Å². The van der Waals surface area contributed by atoms with E-state index < -0.39 is 6.10 Å². The standard InChI is InChI=1S/C17H16ClN3O2/c1-11(23-13-6-4-5-12(18)9-13)17(22)19-10-16-20-14-7-2-3-8-15(14)21-16/h2-9,11H,10H2,1H3,(H,19,22)(H,20,21). The molecule has 1 amide bonds. The summed E-state index contributed by atoms with van der Waals surface area (Å²) in [6.45, 7) is 2.01. The number of carbonyl (C=O) groups is 1. The normalized spacial score (nSPS) is 12.1. The van der Waals surface area contributed by atoms with Crippen molar-refractivity contribution in [3.05, 3.63) is 59.4 Å². The van der Waals surface area contributed by atoms with Gasteiger partial charge in [0.15, 0.2) is 6.10 Å². The molecule has 0 aliphatic carbocycles. The first-order valence-electron chi connectivity index (χ1n) is 7.25. The number of nitrogens with one attached hydrogen (secondary N) is 2. The first-order chi connectivity index (χ1) is 11.1. The minimum absolute atomic E-state index is 0.217. The number of aromatic amines is 1. The second kappa shape index (κ2) is 6.71. The van der Waals surface area contributed by atoms with Crippen LogP contribution >= 0.6 is 11.6 Å². The van der Waals surface area contributed by atoms with Crippen molar-refractivity contribution in [3.63, 3.8) is 0 Å². The highest BCUT2D eigenvalue weighted by molar-refractivity contribution is 6.30. The van der Waals surface area contributed by atoms with Crippen molar-refractivity contribution in [2.45, 2.75) is 19.6 Å². The van der Waals surface area contributed by atoms with Crippen molar-refractivity contribution in [1.29, 1.82) is 0 Å². The number of imidazole rings is 1. The van der Waals surface area contributed by atoms with Gasteiger partial charge >= 0.3 is 0 Å². The van der Waals surface area contributed by atoms with Crippen molar-refractivity contribution in [3.8, 4) is 5.75 Å². The predicted molar refractivity (Wildman–Crippen MR) is 89.5 cm³/mol. The molecule has 0 aliphatic rings. The molecule has 1 heterocycles. The lowest BCUT2D eigenvalue weighted by atomic mass is 10.3. The third-order valence-corrected chi connectivity index (χ3v) is 3.58. The minimum Gasteiger partial charge on any atom is -0.481 e. The number of amides is 1. The average molecular weight is 330 g/mol. The summed E-state index contributed by atoms with van der Waals surface area (Å²) in [6, 6.07) is 14.7. The van der Waals surface area contributed by atoms with Gasteiger partial charge in [-0.3, -0.25) is 4.79 Å². The van der Waals surface area contributed by atoms with E-state index in [1.807, 2.05) is 24.3 Å². The Morgan fingerprint density at radius 3 is 2.91 bits per heavy atom. The van der Waals surface area contributed by atoms with Crippen LogP contribution in [0.4, 0.5) is 0 Å². The summed E-state index contributed by atoms with van der Waals surface area (Å²) >= 11 is 5.89. The van der Waals surface area contributed by atoms with Gasteiger partial charge in [-0.05, 0) is 37.3 Å². The summed E-state index contributed by atoms with van der Waals surface area (Å²) in [4.78, 5) is 19.7. The fourth-order valence-corrected chi connectivity index (χ4v) is 2.38. The SMILES string of the molecule is CC(Oc1cccc(Cl)c1)C(=O)NCc1nc2ccccc2[nH]1. The van der Waals surface area contributed by atoms with Crippen molar-refractivity contribution in [2.24, 2.45) is 0 Å². The number of benzene rings is 2. The molecule has 3 aromatic rings. The Morgan fingerprint density at radius 1 is 1.30 bits per heavy atom. The number of hydrogen-bond acceptors (Lipinski definition) is 3. The van der Waals surface area contributed by atoms with Gasteiger partial charge in [0.1, 0.15) is 11.6 Å². The summed E-state index contributed by atoms with van der Waals surface area (Å²) < 4.78 is 5.58. The topological polar surface area (TPSA) is 67.0 Å². The molecule has 0 saturated heterocycles. The van der Waals surface area contributed by atoms with E-state index in [2.05, 4.69) is 15.3 Å². The number of para-hydroxylation sites is 2. The molecule has 23 heavy (non-hydrogen) atoms. The summed E-state index contributed by atoms with van der Waals surface area (Å²) in [6.07, 6.45) is -0.627. The maximum Gasteiger partial charge on any atom is 0.261 e. The van der Waals surface area contributed by atoms with Crippen molar-refractivity contribution in [1.82, 2.24) is 15.3 Å². The molecule has 0 fully saturated rings. The summed E-state index contributed by atoms with van der Waals surface area (Å²) in [5, 5.41) is 3.37. The third-order valence-electron chi connectivity index (χ3n) is 3.35. The molecule has 2 N–H and O–H groups in total. The molecule has 118 valence electrons. The van der Waals surface area contributed by atoms with Gasteiger partial charge in [0.25, 0.3) is 5.91 Å². The van der Waals surface area contributed by atoms with Gasteiger partial charge in [-0.25, -0.2) is 4.98 Å². The molecule has 0 spiro atoms. The molecule has 1 atom stereocenters. The van der Waals surface area contributed by atoms with Crippen LogP contribution in [0.2, 0.25) is 5.02 Å². The fraction of sp³-hybridized carbons (Fsp3) is 0.176. The molecule has 5 nitrogen and oxygen atoms in total. The van der Waals surface area contributed by atoms with Gasteiger partial charge in [0.2, 0.25) is 0 Å². The first-order valence-corrected chi connectivity index (χ1v) is 7.63. The highest BCUT2D eigenvalue weighted by Gasteiger charge is 2.15. The number of hydrogen-bond donors (Lipinski definition) is 2. The van der Waals surface area contributed by atoms with Gasteiger partial charge in [-0.1, -0.05) is 29.8 Å². The lowest BCUT2D eigenvalue weighted by molar-refractivity contribution is -0.127. The van der Waals surface area contributed by atoms with E-state index >= 15 is 0 Å².